The third-order valence-corrected chi connectivity index (χ3v) is 6.06. The quantitative estimate of drug-likeness (QED) is 0.726. The highest BCUT2D eigenvalue weighted by atomic mass is 32.2. The highest BCUT2D eigenvalue weighted by Gasteiger charge is 2.28. The fourth-order valence-electron chi connectivity index (χ4n) is 2.71. The summed E-state index contributed by atoms with van der Waals surface area (Å²) in [6.45, 7) is 7.63. The van der Waals surface area contributed by atoms with Crippen molar-refractivity contribution in [3.05, 3.63) is 29.8 Å². The minimum absolute atomic E-state index is 0.204. The maximum atomic E-state index is 12.9. The van der Waals surface area contributed by atoms with Crippen molar-refractivity contribution in [1.82, 2.24) is 4.90 Å². The molecule has 1 heterocycles. The number of amides is 1. The third kappa shape index (κ3) is 4.95. The second-order valence-corrected chi connectivity index (χ2v) is 9.53. The summed E-state index contributed by atoms with van der Waals surface area (Å²) in [6, 6.07) is 8.40. The Morgan fingerprint density at radius 2 is 2.09 bits per heavy atom. The van der Waals surface area contributed by atoms with Gasteiger partial charge < -0.3 is 4.90 Å². The molecule has 0 radical (unpaired) electrons. The van der Waals surface area contributed by atoms with Gasteiger partial charge >= 0.3 is 0 Å². The van der Waals surface area contributed by atoms with Gasteiger partial charge in [-0.1, -0.05) is 26.8 Å². The van der Waals surface area contributed by atoms with E-state index in [1.54, 1.807) is 11.8 Å². The Hall–Kier alpha value is -0.610. The summed E-state index contributed by atoms with van der Waals surface area (Å²) in [5.41, 5.74) is 0.833. The van der Waals surface area contributed by atoms with Crippen molar-refractivity contribution in [2.45, 2.75) is 55.7 Å². The van der Waals surface area contributed by atoms with Gasteiger partial charge in [-0.3, -0.25) is 4.79 Å². The summed E-state index contributed by atoms with van der Waals surface area (Å²) in [6.07, 6.45) is 5.55. The number of likely N-dealkylation sites (tertiary alicyclic amines) is 1. The zero-order valence-corrected chi connectivity index (χ0v) is 15.7. The molecule has 22 heavy (non-hydrogen) atoms. The van der Waals surface area contributed by atoms with Gasteiger partial charge in [0.05, 0.1) is 0 Å². The Morgan fingerprint density at radius 3 is 2.77 bits per heavy atom. The average molecular weight is 338 g/mol. The molecule has 1 aliphatic rings. The van der Waals surface area contributed by atoms with Gasteiger partial charge in [0, 0.05) is 33.5 Å². The predicted molar refractivity (Wildman–Crippen MR) is 99.1 cm³/mol. The van der Waals surface area contributed by atoms with E-state index in [4.69, 9.17) is 0 Å². The smallest absolute Gasteiger partial charge is 0.254 e. The van der Waals surface area contributed by atoms with Crippen molar-refractivity contribution < 1.29 is 4.79 Å². The molecule has 2 nitrogen and oxygen atoms in total. The Morgan fingerprint density at radius 1 is 1.32 bits per heavy atom. The van der Waals surface area contributed by atoms with Gasteiger partial charge in [0.1, 0.15) is 0 Å². The lowest BCUT2D eigenvalue weighted by atomic mass is 10.0. The molecule has 1 atom stereocenters. The number of thioether (sulfide) groups is 2. The van der Waals surface area contributed by atoms with Crippen LogP contribution < -0.4 is 0 Å². The van der Waals surface area contributed by atoms with E-state index in [1.165, 1.54) is 6.42 Å². The van der Waals surface area contributed by atoms with Gasteiger partial charge in [0.2, 0.25) is 0 Å². The lowest BCUT2D eigenvalue weighted by Gasteiger charge is -2.37. The van der Waals surface area contributed by atoms with Crippen LogP contribution in [0.4, 0.5) is 0 Å². The molecule has 2 rings (SSSR count). The predicted octanol–water partition coefficient (Wildman–Crippen LogP) is 4.93. The topological polar surface area (TPSA) is 20.3 Å². The van der Waals surface area contributed by atoms with Gasteiger partial charge in [-0.15, -0.1) is 11.8 Å². The highest BCUT2D eigenvalue weighted by molar-refractivity contribution is 8.00. The fraction of sp³-hybridized carbons (Fsp3) is 0.611. The number of carbonyl (C=O) groups is 1. The van der Waals surface area contributed by atoms with Gasteiger partial charge in [0.15, 0.2) is 0 Å². The summed E-state index contributed by atoms with van der Waals surface area (Å²) in [5, 5.41) is 0. The number of hydrogen-bond donors (Lipinski definition) is 0. The van der Waals surface area contributed by atoms with Crippen molar-refractivity contribution >= 4 is 29.4 Å². The maximum absolute atomic E-state index is 12.9. The van der Waals surface area contributed by atoms with E-state index in [-0.39, 0.29) is 10.7 Å². The number of nitrogens with zero attached hydrogens (tertiary/aromatic N) is 1. The van der Waals surface area contributed by atoms with Crippen molar-refractivity contribution in [3.63, 3.8) is 0 Å². The molecule has 1 fully saturated rings. The van der Waals surface area contributed by atoms with E-state index < -0.39 is 0 Å². The summed E-state index contributed by atoms with van der Waals surface area (Å²) in [7, 11) is 0. The molecule has 1 aromatic rings. The van der Waals surface area contributed by atoms with Crippen molar-refractivity contribution in [2.75, 3.05) is 18.6 Å². The molecule has 1 amide bonds. The van der Waals surface area contributed by atoms with Gasteiger partial charge in [-0.2, -0.15) is 11.8 Å². The van der Waals surface area contributed by atoms with Crippen LogP contribution >= 0.6 is 23.5 Å². The van der Waals surface area contributed by atoms with E-state index in [0.29, 0.717) is 6.04 Å². The lowest BCUT2D eigenvalue weighted by molar-refractivity contribution is 0.0640. The second-order valence-electron chi connectivity index (χ2n) is 6.80. The van der Waals surface area contributed by atoms with E-state index in [1.807, 2.05) is 36.2 Å². The second kappa shape index (κ2) is 7.78. The van der Waals surface area contributed by atoms with Crippen LogP contribution in [-0.4, -0.2) is 40.1 Å². The van der Waals surface area contributed by atoms with E-state index >= 15 is 0 Å². The molecule has 1 aliphatic heterocycles. The Bertz CT molecular complexity index is 510. The summed E-state index contributed by atoms with van der Waals surface area (Å²) in [5.74, 6) is 1.24. The molecule has 0 N–H and O–H groups in total. The van der Waals surface area contributed by atoms with E-state index in [9.17, 15) is 4.79 Å². The fourth-order valence-corrected chi connectivity index (χ4v) is 4.21. The molecule has 1 aromatic carbocycles. The van der Waals surface area contributed by atoms with Gasteiger partial charge in [-0.25, -0.2) is 0 Å². The molecule has 0 aliphatic carbocycles. The number of carbonyl (C=O) groups excluding carboxylic acids is 1. The van der Waals surface area contributed by atoms with Crippen molar-refractivity contribution in [1.29, 1.82) is 0 Å². The maximum Gasteiger partial charge on any atom is 0.254 e. The van der Waals surface area contributed by atoms with Crippen LogP contribution in [0.15, 0.2) is 29.2 Å². The summed E-state index contributed by atoms with van der Waals surface area (Å²) >= 11 is 3.65. The number of hydrogen-bond acceptors (Lipinski definition) is 3. The Kier molecular flexibility index (Phi) is 6.27. The first kappa shape index (κ1) is 17.7. The summed E-state index contributed by atoms with van der Waals surface area (Å²) < 4.78 is 0.255. The SMILES string of the molecule is CSc1cccc(C(=O)N2CCCCC2CSC(C)(C)C)c1. The minimum Gasteiger partial charge on any atom is -0.335 e. The molecule has 0 aromatic heterocycles. The first-order valence-corrected chi connectivity index (χ1v) is 10.2. The average Bonchev–Trinajstić information content (AvgIpc) is 2.52. The van der Waals surface area contributed by atoms with E-state index in [0.717, 1.165) is 35.6 Å². The van der Waals surface area contributed by atoms with Crippen LogP contribution in [0.5, 0.6) is 0 Å². The normalized spacial score (nSPS) is 19.3. The van der Waals surface area contributed by atoms with Crippen LogP contribution in [0.1, 0.15) is 50.4 Å². The molecule has 1 unspecified atom stereocenters. The molecule has 0 saturated carbocycles. The van der Waals surface area contributed by atoms with Gasteiger partial charge in [-0.05, 0) is 43.7 Å². The molecule has 122 valence electrons. The third-order valence-electron chi connectivity index (χ3n) is 3.91. The zero-order valence-electron chi connectivity index (χ0n) is 14.1. The standard InChI is InChI=1S/C18H27NOS2/c1-18(2,3)22-13-15-9-5-6-11-19(15)17(20)14-8-7-10-16(12-14)21-4/h7-8,10,12,15H,5-6,9,11,13H2,1-4H3. The molecule has 4 heteroatoms. The first-order valence-electron chi connectivity index (χ1n) is 8.00. The highest BCUT2D eigenvalue weighted by Crippen LogP contribution is 2.29. The molecule has 0 spiro atoms. The van der Waals surface area contributed by atoms with Crippen molar-refractivity contribution in [3.8, 4) is 0 Å². The molecule has 1 saturated heterocycles. The minimum atomic E-state index is 0.204. The van der Waals surface area contributed by atoms with Crippen LogP contribution in [0.2, 0.25) is 0 Å². The van der Waals surface area contributed by atoms with Crippen LogP contribution in [-0.2, 0) is 0 Å². The molecule has 0 bridgehead atoms. The lowest BCUT2D eigenvalue weighted by Crippen LogP contribution is -2.45. The van der Waals surface area contributed by atoms with E-state index in [2.05, 4.69) is 31.7 Å². The first-order chi connectivity index (χ1) is 10.4. The Balaban J connectivity index is 2.10. The molecular weight excluding hydrogens is 310 g/mol. The van der Waals surface area contributed by atoms with Gasteiger partial charge in [0.25, 0.3) is 5.91 Å². The molecular formula is C18H27NOS2. The zero-order chi connectivity index (χ0) is 16.2. The van der Waals surface area contributed by atoms with Crippen LogP contribution in [0, 0.1) is 0 Å². The van der Waals surface area contributed by atoms with Crippen LogP contribution in [0.3, 0.4) is 0 Å². The number of piperidine rings is 1. The summed E-state index contributed by atoms with van der Waals surface area (Å²) in [4.78, 5) is 16.2. The number of rotatable bonds is 4. The Labute approximate surface area is 143 Å². The number of benzene rings is 1. The van der Waals surface area contributed by atoms with Crippen LogP contribution in [0.25, 0.3) is 0 Å². The largest absolute Gasteiger partial charge is 0.335 e. The van der Waals surface area contributed by atoms with Crippen molar-refractivity contribution in [2.24, 2.45) is 0 Å². The monoisotopic (exact) mass is 337 g/mol.